The second-order valence-corrected chi connectivity index (χ2v) is 10.1. The molecule has 0 bridgehead atoms. The molecule has 1 N–H and O–H groups in total. The van der Waals surface area contributed by atoms with Gasteiger partial charge in [-0.3, -0.25) is 4.90 Å². The van der Waals surface area contributed by atoms with Crippen LogP contribution in [0.5, 0.6) is 0 Å². The summed E-state index contributed by atoms with van der Waals surface area (Å²) in [5.74, 6) is 2.12. The first kappa shape index (κ1) is 18.6. The number of fused-ring (bicyclic) bond motifs is 1. The van der Waals surface area contributed by atoms with E-state index in [0.717, 1.165) is 49.2 Å². The molecule has 142 valence electrons. The molecule has 0 unspecified atom stereocenters. The highest BCUT2D eigenvalue weighted by molar-refractivity contribution is 7.99. The third kappa shape index (κ3) is 3.63. The molecule has 2 aliphatic rings. The predicted octanol–water partition coefficient (Wildman–Crippen LogP) is 1.57. The molecule has 2 aromatic rings. The Labute approximate surface area is 161 Å². The lowest BCUT2D eigenvalue weighted by molar-refractivity contribution is -0.0242. The zero-order chi connectivity index (χ0) is 18.0. The van der Waals surface area contributed by atoms with Gasteiger partial charge in [-0.1, -0.05) is 6.07 Å². The van der Waals surface area contributed by atoms with Gasteiger partial charge in [-0.15, -0.1) is 0 Å². The molecule has 2 saturated heterocycles. The summed E-state index contributed by atoms with van der Waals surface area (Å²) in [6.07, 6.45) is 1.98. The average Bonchev–Trinajstić information content (AvgIpc) is 3.17. The van der Waals surface area contributed by atoms with Crippen LogP contribution < -0.4 is 4.72 Å². The summed E-state index contributed by atoms with van der Waals surface area (Å²) in [5.41, 5.74) is 0.940. The van der Waals surface area contributed by atoms with Crippen LogP contribution in [-0.2, 0) is 14.8 Å². The van der Waals surface area contributed by atoms with Crippen molar-refractivity contribution < 1.29 is 13.2 Å². The van der Waals surface area contributed by atoms with Crippen molar-refractivity contribution in [1.82, 2.24) is 18.4 Å². The number of nitrogens with one attached hydrogen (secondary N) is 1. The van der Waals surface area contributed by atoms with Crippen LogP contribution in [0.3, 0.4) is 0 Å². The van der Waals surface area contributed by atoms with Crippen molar-refractivity contribution in [3.63, 3.8) is 0 Å². The molecule has 0 aliphatic carbocycles. The second-order valence-electron chi connectivity index (χ2n) is 6.65. The number of hydrogen-bond donors (Lipinski definition) is 1. The van der Waals surface area contributed by atoms with Gasteiger partial charge in [0.05, 0.1) is 24.9 Å². The summed E-state index contributed by atoms with van der Waals surface area (Å²) in [6, 6.07) is 5.10. The third-order valence-corrected chi connectivity index (χ3v) is 8.20. The molecule has 4 rings (SSSR count). The lowest BCUT2D eigenvalue weighted by Crippen LogP contribution is -2.60. The molecule has 3 heterocycles. The van der Waals surface area contributed by atoms with Crippen LogP contribution in [-0.4, -0.2) is 72.0 Å². The van der Waals surface area contributed by atoms with Gasteiger partial charge in [0.25, 0.3) is 0 Å². The topological polar surface area (TPSA) is 84.4 Å². The SMILES string of the molecule is O=S(=O)(NCC1(N2CCOCC2)CCSCC1)c1cccc2nsnc12. The minimum absolute atomic E-state index is 0.129. The molecule has 10 heteroatoms. The van der Waals surface area contributed by atoms with Crippen molar-refractivity contribution >= 4 is 44.5 Å². The van der Waals surface area contributed by atoms with Crippen molar-refractivity contribution in [3.05, 3.63) is 18.2 Å². The maximum atomic E-state index is 13.0. The Hall–Kier alpha value is -0.780. The standard InChI is InChI=1S/C16H22N4O3S3/c21-26(22,14-3-1-2-13-15(14)19-25-18-13)17-12-16(4-10-24-11-5-16)20-6-8-23-9-7-20/h1-3,17H,4-12H2. The highest BCUT2D eigenvalue weighted by atomic mass is 32.2. The summed E-state index contributed by atoms with van der Waals surface area (Å²) in [4.78, 5) is 2.63. The van der Waals surface area contributed by atoms with E-state index in [0.29, 0.717) is 30.8 Å². The van der Waals surface area contributed by atoms with Gasteiger partial charge in [0.2, 0.25) is 10.0 Å². The number of morpholine rings is 1. The molecule has 0 spiro atoms. The van der Waals surface area contributed by atoms with Crippen LogP contribution >= 0.6 is 23.5 Å². The van der Waals surface area contributed by atoms with Gasteiger partial charge in [0.1, 0.15) is 15.9 Å². The van der Waals surface area contributed by atoms with Crippen molar-refractivity contribution in [1.29, 1.82) is 0 Å². The molecule has 2 fully saturated rings. The quantitative estimate of drug-likeness (QED) is 0.795. The van der Waals surface area contributed by atoms with Crippen LogP contribution in [0.25, 0.3) is 11.0 Å². The van der Waals surface area contributed by atoms with Gasteiger partial charge < -0.3 is 4.74 Å². The summed E-state index contributed by atoms with van der Waals surface area (Å²) in [6.45, 7) is 3.57. The number of rotatable bonds is 5. The molecule has 1 aromatic carbocycles. The van der Waals surface area contributed by atoms with Crippen LogP contribution in [0, 0.1) is 0 Å². The van der Waals surface area contributed by atoms with E-state index in [4.69, 9.17) is 4.74 Å². The van der Waals surface area contributed by atoms with E-state index in [1.165, 1.54) is 0 Å². The summed E-state index contributed by atoms with van der Waals surface area (Å²) < 4.78 is 42.7. The average molecular weight is 415 g/mol. The number of nitrogens with zero attached hydrogens (tertiary/aromatic N) is 3. The van der Waals surface area contributed by atoms with Gasteiger partial charge in [-0.25, -0.2) is 13.1 Å². The second kappa shape index (κ2) is 7.69. The Morgan fingerprint density at radius 2 is 1.96 bits per heavy atom. The zero-order valence-electron chi connectivity index (χ0n) is 14.4. The molecule has 2 aliphatic heterocycles. The smallest absolute Gasteiger partial charge is 0.242 e. The van der Waals surface area contributed by atoms with Crippen LogP contribution in [0.1, 0.15) is 12.8 Å². The van der Waals surface area contributed by atoms with Crippen molar-refractivity contribution in [2.24, 2.45) is 0 Å². The maximum Gasteiger partial charge on any atom is 0.242 e. The number of benzene rings is 1. The van der Waals surface area contributed by atoms with Crippen LogP contribution in [0.4, 0.5) is 0 Å². The number of hydrogen-bond acceptors (Lipinski definition) is 8. The van der Waals surface area contributed by atoms with E-state index in [1.54, 1.807) is 18.2 Å². The minimum atomic E-state index is -3.64. The number of aromatic nitrogens is 2. The van der Waals surface area contributed by atoms with Gasteiger partial charge >= 0.3 is 0 Å². The Morgan fingerprint density at radius 1 is 1.19 bits per heavy atom. The number of thioether (sulfide) groups is 1. The Bertz CT molecular complexity index is 859. The molecule has 26 heavy (non-hydrogen) atoms. The first-order chi connectivity index (χ1) is 12.6. The summed E-state index contributed by atoms with van der Waals surface area (Å²) in [5, 5.41) is 0. The van der Waals surface area contributed by atoms with E-state index in [1.807, 2.05) is 11.8 Å². The fraction of sp³-hybridized carbons (Fsp3) is 0.625. The molecule has 0 radical (unpaired) electrons. The monoisotopic (exact) mass is 414 g/mol. The Kier molecular flexibility index (Phi) is 5.49. The van der Waals surface area contributed by atoms with Gasteiger partial charge in [-0.2, -0.15) is 20.5 Å². The largest absolute Gasteiger partial charge is 0.379 e. The van der Waals surface area contributed by atoms with Gasteiger partial charge in [0.15, 0.2) is 0 Å². The van der Waals surface area contributed by atoms with Crippen LogP contribution in [0.15, 0.2) is 23.1 Å². The van der Waals surface area contributed by atoms with E-state index >= 15 is 0 Å². The lowest BCUT2D eigenvalue weighted by Gasteiger charge is -2.48. The Morgan fingerprint density at radius 3 is 2.73 bits per heavy atom. The summed E-state index contributed by atoms with van der Waals surface area (Å²) >= 11 is 2.98. The predicted molar refractivity (Wildman–Crippen MR) is 104 cm³/mol. The highest BCUT2D eigenvalue weighted by Crippen LogP contribution is 2.33. The number of ether oxygens (including phenoxy) is 1. The maximum absolute atomic E-state index is 13.0. The Balaban J connectivity index is 1.57. The van der Waals surface area contributed by atoms with E-state index in [2.05, 4.69) is 18.4 Å². The third-order valence-electron chi connectivity index (χ3n) is 5.24. The van der Waals surface area contributed by atoms with Crippen molar-refractivity contribution in [2.45, 2.75) is 23.3 Å². The fourth-order valence-corrected chi connectivity index (χ4v) is 6.84. The van der Waals surface area contributed by atoms with E-state index < -0.39 is 10.0 Å². The van der Waals surface area contributed by atoms with E-state index in [-0.39, 0.29) is 10.4 Å². The first-order valence-corrected chi connectivity index (χ1v) is 12.1. The van der Waals surface area contributed by atoms with Gasteiger partial charge in [-0.05, 0) is 36.5 Å². The normalized spacial score (nSPS) is 21.8. The molecular weight excluding hydrogens is 392 g/mol. The molecule has 0 amide bonds. The molecular formula is C16H22N4O3S3. The molecule has 0 saturated carbocycles. The molecule has 1 aromatic heterocycles. The van der Waals surface area contributed by atoms with E-state index in [9.17, 15) is 8.42 Å². The van der Waals surface area contributed by atoms with Gasteiger partial charge in [0, 0.05) is 25.2 Å². The summed E-state index contributed by atoms with van der Waals surface area (Å²) in [7, 11) is -3.64. The molecule has 0 atom stereocenters. The first-order valence-electron chi connectivity index (χ1n) is 8.72. The fourth-order valence-electron chi connectivity index (χ4n) is 3.70. The number of sulfonamides is 1. The zero-order valence-corrected chi connectivity index (χ0v) is 16.8. The van der Waals surface area contributed by atoms with Crippen molar-refractivity contribution in [3.8, 4) is 0 Å². The van der Waals surface area contributed by atoms with Crippen molar-refractivity contribution in [2.75, 3.05) is 44.4 Å². The minimum Gasteiger partial charge on any atom is -0.379 e. The van der Waals surface area contributed by atoms with Crippen LogP contribution in [0.2, 0.25) is 0 Å². The molecule has 7 nitrogen and oxygen atoms in total. The highest BCUT2D eigenvalue weighted by Gasteiger charge is 2.40. The lowest BCUT2D eigenvalue weighted by atomic mass is 9.89.